The van der Waals surface area contributed by atoms with Crippen LogP contribution in [0.25, 0.3) is 0 Å². The van der Waals surface area contributed by atoms with E-state index in [0.29, 0.717) is 13.0 Å². The second-order valence-corrected chi connectivity index (χ2v) is 9.68. The van der Waals surface area contributed by atoms with Gasteiger partial charge in [-0.15, -0.1) is 0 Å². The number of hydrogen-bond acceptors (Lipinski definition) is 6. The van der Waals surface area contributed by atoms with Crippen LogP contribution in [0.3, 0.4) is 0 Å². The van der Waals surface area contributed by atoms with E-state index in [4.69, 9.17) is 50.4 Å². The molecule has 0 spiro atoms. The largest absolute Gasteiger partial charge is 0.382 e. The third-order valence-electron chi connectivity index (χ3n) is 4.11. The Bertz CT molecular complexity index is 511. The predicted molar refractivity (Wildman–Crippen MR) is 112 cm³/mol. The highest BCUT2D eigenvalue weighted by Gasteiger charge is 2.44. The molecule has 0 saturated carbocycles. The van der Waals surface area contributed by atoms with Crippen LogP contribution < -0.4 is 5.32 Å². The molecule has 2 radical (unpaired) electrons. The number of thiocarbonyl (C=S) groups is 1. The van der Waals surface area contributed by atoms with Gasteiger partial charge in [-0.3, -0.25) is 0 Å². The summed E-state index contributed by atoms with van der Waals surface area (Å²) >= 11 is 9.95. The quantitative estimate of drug-likeness (QED) is 0.164. The highest BCUT2D eigenvalue weighted by atomic mass is 32.5. The number of allylic oxidation sites excluding steroid dienone is 2. The number of methoxy groups -OCH3 is 1. The van der Waals surface area contributed by atoms with Gasteiger partial charge in [0.1, 0.15) is 20.1 Å². The van der Waals surface area contributed by atoms with Crippen LogP contribution in [0, 0.1) is 5.92 Å². The van der Waals surface area contributed by atoms with Crippen molar-refractivity contribution in [3.63, 3.8) is 0 Å². The maximum atomic E-state index is 10.0. The minimum atomic E-state index is -3.31. The van der Waals surface area contributed by atoms with Crippen LogP contribution in [-0.4, -0.2) is 63.3 Å². The molecule has 2 N–H and O–H groups in total. The van der Waals surface area contributed by atoms with Gasteiger partial charge in [-0.05, 0) is 44.4 Å². The van der Waals surface area contributed by atoms with Gasteiger partial charge in [0.05, 0.1) is 11.6 Å². The van der Waals surface area contributed by atoms with Crippen molar-refractivity contribution in [3.8, 4) is 0 Å². The predicted octanol–water partition coefficient (Wildman–Crippen LogP) is 2.44. The molecule has 1 heterocycles. The van der Waals surface area contributed by atoms with E-state index >= 15 is 0 Å². The van der Waals surface area contributed by atoms with Crippen LogP contribution in [0.5, 0.6) is 0 Å². The lowest BCUT2D eigenvalue weighted by Gasteiger charge is -2.26. The molecule has 148 valence electrons. The van der Waals surface area contributed by atoms with Crippen LogP contribution in [0.2, 0.25) is 0 Å². The molecule has 10 heteroatoms. The van der Waals surface area contributed by atoms with E-state index in [2.05, 4.69) is 17.5 Å². The van der Waals surface area contributed by atoms with Gasteiger partial charge in [0.15, 0.2) is 0 Å². The van der Waals surface area contributed by atoms with Gasteiger partial charge in [0, 0.05) is 32.7 Å². The van der Waals surface area contributed by atoms with Crippen LogP contribution in [0.15, 0.2) is 12.2 Å². The van der Waals surface area contributed by atoms with Crippen molar-refractivity contribution in [1.82, 2.24) is 5.32 Å². The third kappa shape index (κ3) is 8.89. The molecule has 1 rings (SSSR count). The van der Waals surface area contributed by atoms with E-state index < -0.39 is 18.8 Å². The molecule has 0 bridgehead atoms. The van der Waals surface area contributed by atoms with Gasteiger partial charge in [0.25, 0.3) is 0 Å². The molecule has 0 aromatic heterocycles. The summed E-state index contributed by atoms with van der Waals surface area (Å²) in [5, 5.41) is 3.14. The summed E-state index contributed by atoms with van der Waals surface area (Å²) in [6, 6.07) is -0.508. The van der Waals surface area contributed by atoms with Crippen molar-refractivity contribution >= 4 is 43.6 Å². The van der Waals surface area contributed by atoms with Crippen molar-refractivity contribution in [3.05, 3.63) is 12.2 Å². The van der Waals surface area contributed by atoms with Crippen LogP contribution in [0.1, 0.15) is 32.6 Å². The molecule has 5 atom stereocenters. The zero-order valence-corrected chi connectivity index (χ0v) is 18.2. The number of nitrogens with one attached hydrogen (secondary N) is 1. The van der Waals surface area contributed by atoms with E-state index in [1.165, 1.54) is 7.11 Å². The van der Waals surface area contributed by atoms with E-state index in [0.717, 1.165) is 30.8 Å². The van der Waals surface area contributed by atoms with Gasteiger partial charge in [-0.25, -0.2) is 0 Å². The minimum absolute atomic E-state index is 0.129. The zero-order chi connectivity index (χ0) is 19.6. The summed E-state index contributed by atoms with van der Waals surface area (Å²) in [5.74, 6) is -0.129. The summed E-state index contributed by atoms with van der Waals surface area (Å²) in [6.07, 6.45) is 7.13. The summed E-state index contributed by atoms with van der Waals surface area (Å²) in [5.41, 5.74) is 0. The van der Waals surface area contributed by atoms with E-state index in [1.54, 1.807) is 7.11 Å². The second-order valence-electron chi connectivity index (χ2n) is 6.17. The Morgan fingerprint density at radius 2 is 2.08 bits per heavy atom. The average molecular weight is 421 g/mol. The Morgan fingerprint density at radius 1 is 1.35 bits per heavy atom. The van der Waals surface area contributed by atoms with Gasteiger partial charge in [-0.2, -0.15) is 0 Å². The van der Waals surface area contributed by atoms with Gasteiger partial charge in [0.2, 0.25) is 0 Å². The topological polar surface area (TPSA) is 69.2 Å². The van der Waals surface area contributed by atoms with Crippen LogP contribution in [-0.2, 0) is 30.3 Å². The third-order valence-corrected chi connectivity index (χ3v) is 5.93. The van der Waals surface area contributed by atoms with Crippen molar-refractivity contribution in [2.24, 2.45) is 5.92 Å². The first kappa shape index (κ1) is 24.2. The first-order valence-electron chi connectivity index (χ1n) is 8.67. The van der Waals surface area contributed by atoms with Crippen LogP contribution >= 0.6 is 18.9 Å². The van der Waals surface area contributed by atoms with Crippen LogP contribution in [0.4, 0.5) is 0 Å². The standard InChI is InChI=1S/C16H29BNO5PS2/c1-12(25)18-10-8-6-4-5-7-9-13-15(23-24(19,26)21-3)14(11-20-2)22-16(13)17/h5,7,13-16H,4,6,8-11H2,1-3H3,(H,18,25)(H,19,26)/b7-5+/t13-,14+,15?,16+,24?/m0/s1. The summed E-state index contributed by atoms with van der Waals surface area (Å²) in [7, 11) is 9.01. The number of hydrogen-bond donors (Lipinski definition) is 2. The number of unbranched alkanes of at least 4 members (excludes halogenated alkanes) is 2. The first-order valence-corrected chi connectivity index (χ1v) is 11.7. The molecule has 1 fully saturated rings. The molecular formula is C16H29BNO5PS2. The second kappa shape index (κ2) is 12.6. The maximum absolute atomic E-state index is 10.0. The molecule has 0 aromatic rings. The molecule has 0 amide bonds. The van der Waals surface area contributed by atoms with Gasteiger partial charge in [-0.1, -0.05) is 24.4 Å². The van der Waals surface area contributed by atoms with Crippen molar-refractivity contribution in [2.45, 2.75) is 50.8 Å². The molecule has 0 aliphatic carbocycles. The Balaban J connectivity index is 2.51. The summed E-state index contributed by atoms with van der Waals surface area (Å²) in [6.45, 7) is -0.221. The summed E-state index contributed by atoms with van der Waals surface area (Å²) < 4.78 is 21.4. The number of rotatable bonds is 12. The maximum Gasteiger partial charge on any atom is 0.324 e. The lowest BCUT2D eigenvalue weighted by Crippen LogP contribution is -2.32. The van der Waals surface area contributed by atoms with Crippen molar-refractivity contribution in [2.75, 3.05) is 27.4 Å². The van der Waals surface area contributed by atoms with E-state index in [9.17, 15) is 4.89 Å². The smallest absolute Gasteiger partial charge is 0.324 e. The Kier molecular flexibility index (Phi) is 11.7. The highest BCUT2D eigenvalue weighted by Crippen LogP contribution is 2.48. The molecule has 0 aromatic carbocycles. The normalized spacial score (nSPS) is 28.3. The van der Waals surface area contributed by atoms with Crippen molar-refractivity contribution in [1.29, 1.82) is 0 Å². The van der Waals surface area contributed by atoms with E-state index in [-0.39, 0.29) is 12.0 Å². The lowest BCUT2D eigenvalue weighted by atomic mass is 9.82. The molecule has 2 unspecified atom stereocenters. The molecule has 6 nitrogen and oxygen atoms in total. The fourth-order valence-electron chi connectivity index (χ4n) is 2.78. The Labute approximate surface area is 168 Å². The average Bonchev–Trinajstić information content (AvgIpc) is 2.85. The molecule has 26 heavy (non-hydrogen) atoms. The first-order chi connectivity index (χ1) is 12.3. The fraction of sp³-hybridized carbons (Fsp3) is 0.812. The van der Waals surface area contributed by atoms with E-state index in [1.807, 2.05) is 6.92 Å². The molecular weight excluding hydrogens is 392 g/mol. The summed E-state index contributed by atoms with van der Waals surface area (Å²) in [4.78, 5) is 10.8. The van der Waals surface area contributed by atoms with Gasteiger partial charge < -0.3 is 28.7 Å². The van der Waals surface area contributed by atoms with Gasteiger partial charge >= 0.3 is 6.72 Å². The Hall–Kier alpha value is 0.145. The SMILES string of the molecule is [B][C@@H]1O[C@H](COC)C(OP(O)(=S)OC)[C@@H]1C/C=C/CCCCNC(C)=S. The monoisotopic (exact) mass is 421 g/mol. The van der Waals surface area contributed by atoms with Crippen molar-refractivity contribution < 1.29 is 23.4 Å². The highest BCUT2D eigenvalue weighted by molar-refractivity contribution is 8.07. The zero-order valence-electron chi connectivity index (χ0n) is 15.6. The minimum Gasteiger partial charge on any atom is -0.382 e. The molecule has 1 aliphatic heterocycles. The lowest BCUT2D eigenvalue weighted by molar-refractivity contribution is -0.0146. The Morgan fingerprint density at radius 3 is 2.69 bits per heavy atom. The molecule has 1 saturated heterocycles. The fourth-order valence-corrected chi connectivity index (χ4v) is 3.86. The molecule has 1 aliphatic rings. The number of ether oxygens (including phenoxy) is 2.